The van der Waals surface area contributed by atoms with Gasteiger partial charge in [0.05, 0.1) is 5.69 Å². The molecule has 0 aromatic heterocycles. The van der Waals surface area contributed by atoms with Gasteiger partial charge in [-0.1, -0.05) is 68.9 Å². The van der Waals surface area contributed by atoms with Gasteiger partial charge in [0.25, 0.3) is 0 Å². The van der Waals surface area contributed by atoms with E-state index in [2.05, 4.69) is 31.1 Å². The number of fused-ring (bicyclic) bond motifs is 1. The van der Waals surface area contributed by atoms with E-state index in [0.717, 1.165) is 16.8 Å². The molecule has 29 heavy (non-hydrogen) atoms. The summed E-state index contributed by atoms with van der Waals surface area (Å²) in [6.45, 7) is 8.52. The van der Waals surface area contributed by atoms with E-state index in [1.807, 2.05) is 55.5 Å². The summed E-state index contributed by atoms with van der Waals surface area (Å²) in [5.41, 5.74) is 6.06. The fraction of sp³-hybridized carbons (Fsp3) is 0.292. The minimum absolute atomic E-state index is 0.0306. The van der Waals surface area contributed by atoms with E-state index in [-0.39, 0.29) is 12.5 Å². The van der Waals surface area contributed by atoms with Crippen LogP contribution in [0, 0.1) is 17.4 Å². The number of carbonyl (C=O) groups excluding carboxylic acids is 1. The number of carbonyl (C=O) groups is 1. The summed E-state index contributed by atoms with van der Waals surface area (Å²) in [5, 5.41) is 9.75. The SMILES string of the molecule is C[C@@H](CO)C1=C[C@@H](C#C[Si](C)(C)C)N(C(=O)Oc2ccccc2)c2ccccc21. The van der Waals surface area contributed by atoms with Crippen molar-refractivity contribution in [3.63, 3.8) is 0 Å². The highest BCUT2D eigenvalue weighted by Crippen LogP contribution is 2.38. The van der Waals surface area contributed by atoms with Crippen molar-refractivity contribution in [2.45, 2.75) is 32.6 Å². The number of aliphatic hydroxyl groups excluding tert-OH is 1. The summed E-state index contributed by atoms with van der Waals surface area (Å²) in [6.07, 6.45) is 1.52. The number of hydrogen-bond donors (Lipinski definition) is 1. The predicted molar refractivity (Wildman–Crippen MR) is 121 cm³/mol. The third-order valence-electron chi connectivity index (χ3n) is 4.64. The van der Waals surface area contributed by atoms with Gasteiger partial charge in [0.1, 0.15) is 19.9 Å². The van der Waals surface area contributed by atoms with Crippen molar-refractivity contribution >= 4 is 25.4 Å². The second-order valence-electron chi connectivity index (χ2n) is 8.24. The molecule has 0 saturated carbocycles. The summed E-state index contributed by atoms with van der Waals surface area (Å²) >= 11 is 0. The fourth-order valence-electron chi connectivity index (χ4n) is 3.19. The molecule has 4 nitrogen and oxygen atoms in total. The van der Waals surface area contributed by atoms with Crippen molar-refractivity contribution in [2.75, 3.05) is 11.5 Å². The van der Waals surface area contributed by atoms with Crippen LogP contribution in [0.15, 0.2) is 60.7 Å². The molecule has 0 radical (unpaired) electrons. The molecule has 0 unspecified atom stereocenters. The molecule has 0 aliphatic carbocycles. The molecule has 0 bridgehead atoms. The standard InChI is InChI=1S/C24H27NO3Si/c1-18(17-26)22-16-19(14-15-29(2,3)4)25(23-13-9-8-12-21(22)23)24(27)28-20-10-6-5-7-11-20/h5-13,16,18-19,26H,17H2,1-4H3/t18-,19+/m0/s1. The Bertz CT molecular complexity index is 967. The van der Waals surface area contributed by atoms with Crippen LogP contribution in [0.5, 0.6) is 5.75 Å². The Kier molecular flexibility index (Phi) is 6.26. The largest absolute Gasteiger partial charge is 0.421 e. The molecule has 1 aliphatic rings. The average molecular weight is 406 g/mol. The number of ether oxygens (including phenoxy) is 1. The molecule has 2 aromatic rings. The van der Waals surface area contributed by atoms with Gasteiger partial charge in [0.2, 0.25) is 0 Å². The maximum atomic E-state index is 13.2. The average Bonchev–Trinajstić information content (AvgIpc) is 2.70. The van der Waals surface area contributed by atoms with Crippen LogP contribution in [0.2, 0.25) is 19.6 Å². The maximum Gasteiger partial charge on any atom is 0.421 e. The van der Waals surface area contributed by atoms with E-state index in [1.165, 1.54) is 0 Å². The third kappa shape index (κ3) is 4.97. The van der Waals surface area contributed by atoms with Crippen molar-refractivity contribution in [3.8, 4) is 17.2 Å². The fourth-order valence-corrected chi connectivity index (χ4v) is 3.77. The van der Waals surface area contributed by atoms with Crippen LogP contribution in [-0.2, 0) is 0 Å². The molecule has 1 aliphatic heterocycles. The molecule has 2 aromatic carbocycles. The predicted octanol–water partition coefficient (Wildman–Crippen LogP) is 4.97. The van der Waals surface area contributed by atoms with E-state index < -0.39 is 20.2 Å². The lowest BCUT2D eigenvalue weighted by Gasteiger charge is -2.34. The summed E-state index contributed by atoms with van der Waals surface area (Å²) in [5.74, 6) is 3.74. The van der Waals surface area contributed by atoms with Gasteiger partial charge >= 0.3 is 6.09 Å². The lowest BCUT2D eigenvalue weighted by atomic mass is 9.88. The Labute approximate surface area is 173 Å². The van der Waals surface area contributed by atoms with Crippen LogP contribution >= 0.6 is 0 Å². The Morgan fingerprint density at radius 2 is 1.79 bits per heavy atom. The van der Waals surface area contributed by atoms with Crippen LogP contribution in [0.3, 0.4) is 0 Å². The molecule has 0 fully saturated rings. The number of aliphatic hydroxyl groups is 1. The minimum atomic E-state index is -1.65. The number of nitrogens with zero attached hydrogens (tertiary/aromatic N) is 1. The van der Waals surface area contributed by atoms with E-state index in [1.54, 1.807) is 17.0 Å². The topological polar surface area (TPSA) is 49.8 Å². The van der Waals surface area contributed by atoms with Gasteiger partial charge < -0.3 is 9.84 Å². The van der Waals surface area contributed by atoms with Gasteiger partial charge in [-0.2, -0.15) is 0 Å². The monoisotopic (exact) mass is 405 g/mol. The quantitative estimate of drug-likeness (QED) is 0.580. The van der Waals surface area contributed by atoms with Crippen molar-refractivity contribution in [2.24, 2.45) is 5.92 Å². The molecule has 1 heterocycles. The Balaban J connectivity index is 2.08. The maximum absolute atomic E-state index is 13.2. The smallest absolute Gasteiger partial charge is 0.410 e. The highest BCUT2D eigenvalue weighted by Gasteiger charge is 2.33. The normalized spacial score (nSPS) is 16.8. The van der Waals surface area contributed by atoms with E-state index in [4.69, 9.17) is 4.74 Å². The van der Waals surface area contributed by atoms with Gasteiger partial charge in [-0.25, -0.2) is 4.79 Å². The zero-order valence-corrected chi connectivity index (χ0v) is 18.3. The number of para-hydroxylation sites is 2. The molecule has 1 amide bonds. The molecular weight excluding hydrogens is 378 g/mol. The summed E-state index contributed by atoms with van der Waals surface area (Å²) in [4.78, 5) is 14.8. The minimum Gasteiger partial charge on any atom is -0.410 e. The first kappa shape index (κ1) is 20.9. The van der Waals surface area contributed by atoms with Gasteiger partial charge in [0.15, 0.2) is 0 Å². The van der Waals surface area contributed by atoms with Crippen LogP contribution in [0.1, 0.15) is 12.5 Å². The molecule has 1 N–H and O–H groups in total. The van der Waals surface area contributed by atoms with Crippen LogP contribution in [0.4, 0.5) is 10.5 Å². The second kappa shape index (κ2) is 8.69. The molecule has 5 heteroatoms. The lowest BCUT2D eigenvalue weighted by Crippen LogP contribution is -2.43. The van der Waals surface area contributed by atoms with Crippen LogP contribution in [-0.4, -0.2) is 31.9 Å². The molecule has 0 spiro atoms. The first-order valence-electron chi connectivity index (χ1n) is 9.81. The number of rotatable bonds is 3. The first-order chi connectivity index (χ1) is 13.8. The second-order valence-corrected chi connectivity index (χ2v) is 13.0. The number of benzene rings is 2. The van der Waals surface area contributed by atoms with Gasteiger partial charge in [-0.3, -0.25) is 4.90 Å². The van der Waals surface area contributed by atoms with Gasteiger partial charge in [-0.05, 0) is 29.8 Å². The highest BCUT2D eigenvalue weighted by atomic mass is 28.3. The number of anilines is 1. The summed E-state index contributed by atoms with van der Waals surface area (Å²) < 4.78 is 5.65. The zero-order chi connectivity index (χ0) is 21.0. The lowest BCUT2D eigenvalue weighted by molar-refractivity contribution is 0.207. The van der Waals surface area contributed by atoms with E-state index in [9.17, 15) is 9.90 Å². The van der Waals surface area contributed by atoms with Crippen LogP contribution in [0.25, 0.3) is 5.57 Å². The summed E-state index contributed by atoms with van der Waals surface area (Å²) in [6, 6.07) is 16.3. The highest BCUT2D eigenvalue weighted by molar-refractivity contribution is 6.83. The van der Waals surface area contributed by atoms with E-state index >= 15 is 0 Å². The van der Waals surface area contributed by atoms with Crippen LogP contribution < -0.4 is 9.64 Å². The number of amides is 1. The number of hydrogen-bond acceptors (Lipinski definition) is 3. The van der Waals surface area contributed by atoms with Gasteiger partial charge in [0, 0.05) is 18.1 Å². The Hall–Kier alpha value is -2.81. The van der Waals surface area contributed by atoms with Gasteiger partial charge in [-0.15, -0.1) is 5.54 Å². The third-order valence-corrected chi connectivity index (χ3v) is 5.53. The Morgan fingerprint density at radius 3 is 2.45 bits per heavy atom. The van der Waals surface area contributed by atoms with Crippen molar-refractivity contribution in [1.82, 2.24) is 0 Å². The first-order valence-corrected chi connectivity index (χ1v) is 13.3. The van der Waals surface area contributed by atoms with E-state index in [0.29, 0.717) is 5.75 Å². The summed E-state index contributed by atoms with van der Waals surface area (Å²) in [7, 11) is -1.65. The van der Waals surface area contributed by atoms with Crippen molar-refractivity contribution in [3.05, 3.63) is 66.2 Å². The molecule has 3 rings (SSSR count). The van der Waals surface area contributed by atoms with Crippen molar-refractivity contribution in [1.29, 1.82) is 0 Å². The molecule has 0 saturated heterocycles. The Morgan fingerprint density at radius 1 is 1.14 bits per heavy atom. The molecule has 2 atom stereocenters. The zero-order valence-electron chi connectivity index (χ0n) is 17.3. The molecule has 150 valence electrons. The van der Waals surface area contributed by atoms with Crippen molar-refractivity contribution < 1.29 is 14.6 Å². The molecular formula is C24H27NO3Si.